The first-order valence-corrected chi connectivity index (χ1v) is 5.17. The number of nitrogens with zero attached hydrogens (tertiary/aromatic N) is 1. The Morgan fingerprint density at radius 3 is 2.06 bits per heavy atom. The number of aliphatic hydroxyl groups is 2. The lowest BCUT2D eigenvalue weighted by molar-refractivity contribution is -0.145. The highest BCUT2D eigenvalue weighted by molar-refractivity contribution is 5.86. The lowest BCUT2D eigenvalue weighted by Gasteiger charge is -2.19. The Kier molecular flexibility index (Phi) is 4.45. The van der Waals surface area contributed by atoms with Crippen LogP contribution in [0, 0.1) is 0 Å². The fraction of sp³-hybridized carbons (Fsp3) is 0.667. The molecule has 1 saturated heterocycles. The highest BCUT2D eigenvalue weighted by atomic mass is 16.4. The number of aliphatic hydroxyl groups excluding tert-OH is 2. The molecule has 1 rings (SSSR count). The zero-order chi connectivity index (χ0) is 13.9. The van der Waals surface area contributed by atoms with Gasteiger partial charge < -0.3 is 30.6 Å². The molecule has 3 atom stereocenters. The van der Waals surface area contributed by atoms with Crippen molar-refractivity contribution in [3.05, 3.63) is 0 Å². The number of urea groups is 1. The van der Waals surface area contributed by atoms with Crippen LogP contribution in [0.4, 0.5) is 4.79 Å². The molecule has 18 heavy (non-hydrogen) atoms. The Morgan fingerprint density at radius 1 is 1.17 bits per heavy atom. The molecule has 0 aromatic rings. The lowest BCUT2D eigenvalue weighted by atomic mass is 10.2. The van der Waals surface area contributed by atoms with Crippen LogP contribution in [0.3, 0.4) is 0 Å². The second-order valence-electron chi connectivity index (χ2n) is 3.98. The molecule has 0 aromatic carbocycles. The van der Waals surface area contributed by atoms with Crippen molar-refractivity contribution >= 4 is 18.0 Å². The minimum Gasteiger partial charge on any atom is -0.481 e. The van der Waals surface area contributed by atoms with E-state index in [1.807, 2.05) is 5.32 Å². The minimum absolute atomic E-state index is 0.133. The molecule has 1 aliphatic rings. The van der Waals surface area contributed by atoms with Gasteiger partial charge in [-0.3, -0.25) is 4.79 Å². The average molecular weight is 262 g/mol. The van der Waals surface area contributed by atoms with Crippen molar-refractivity contribution in [3.63, 3.8) is 0 Å². The SMILES string of the molecule is O=C(O)C[C@H](NC(=O)N1CC(O)C(O)C1)C(=O)O. The Morgan fingerprint density at radius 2 is 1.67 bits per heavy atom. The van der Waals surface area contributed by atoms with Crippen LogP contribution in [0.25, 0.3) is 0 Å². The number of carbonyl (C=O) groups is 3. The van der Waals surface area contributed by atoms with Gasteiger partial charge in [0.15, 0.2) is 0 Å². The molecule has 1 heterocycles. The van der Waals surface area contributed by atoms with Crippen molar-refractivity contribution in [2.75, 3.05) is 13.1 Å². The van der Waals surface area contributed by atoms with Crippen LogP contribution in [0.5, 0.6) is 0 Å². The van der Waals surface area contributed by atoms with Crippen molar-refractivity contribution in [1.29, 1.82) is 0 Å². The molecule has 0 saturated carbocycles. The van der Waals surface area contributed by atoms with Crippen LogP contribution in [0.15, 0.2) is 0 Å². The number of likely N-dealkylation sites (tertiary alicyclic amines) is 1. The van der Waals surface area contributed by atoms with Crippen LogP contribution in [0.2, 0.25) is 0 Å². The Balaban J connectivity index is 2.57. The van der Waals surface area contributed by atoms with E-state index in [0.29, 0.717) is 0 Å². The highest BCUT2D eigenvalue weighted by Crippen LogP contribution is 2.10. The molecule has 1 aliphatic heterocycles. The molecule has 2 amide bonds. The van der Waals surface area contributed by atoms with E-state index in [4.69, 9.17) is 10.2 Å². The molecular weight excluding hydrogens is 248 g/mol. The molecule has 9 heteroatoms. The van der Waals surface area contributed by atoms with Gasteiger partial charge in [-0.25, -0.2) is 9.59 Å². The summed E-state index contributed by atoms with van der Waals surface area (Å²) in [6.07, 6.45) is -2.92. The second-order valence-corrected chi connectivity index (χ2v) is 3.98. The van der Waals surface area contributed by atoms with Gasteiger partial charge in [0.1, 0.15) is 6.04 Å². The van der Waals surface area contributed by atoms with E-state index in [0.717, 1.165) is 4.90 Å². The Bertz CT molecular complexity index is 349. The zero-order valence-electron chi connectivity index (χ0n) is 9.31. The number of β-amino-alcohol motifs (C(OH)–C–C–N with tert-alkyl or cyclic N) is 2. The van der Waals surface area contributed by atoms with Gasteiger partial charge in [-0.2, -0.15) is 0 Å². The molecule has 0 aliphatic carbocycles. The number of amides is 2. The molecule has 0 radical (unpaired) electrons. The molecule has 0 aromatic heterocycles. The molecule has 2 unspecified atom stereocenters. The van der Waals surface area contributed by atoms with Crippen molar-refractivity contribution in [2.24, 2.45) is 0 Å². The quantitative estimate of drug-likeness (QED) is 0.381. The number of carboxylic acids is 2. The smallest absolute Gasteiger partial charge is 0.326 e. The van der Waals surface area contributed by atoms with Crippen LogP contribution < -0.4 is 5.32 Å². The van der Waals surface area contributed by atoms with Crippen LogP contribution >= 0.6 is 0 Å². The molecule has 0 bridgehead atoms. The van der Waals surface area contributed by atoms with Gasteiger partial charge in [-0.1, -0.05) is 0 Å². The molecule has 1 fully saturated rings. The number of carboxylic acid groups (broad SMARTS) is 2. The first-order chi connectivity index (χ1) is 8.31. The van der Waals surface area contributed by atoms with Crippen molar-refractivity contribution in [3.8, 4) is 0 Å². The number of nitrogens with one attached hydrogen (secondary N) is 1. The van der Waals surface area contributed by atoms with Crippen LogP contribution in [0.1, 0.15) is 6.42 Å². The molecule has 102 valence electrons. The number of hydrogen-bond acceptors (Lipinski definition) is 5. The Labute approximate surface area is 102 Å². The van der Waals surface area contributed by atoms with Crippen LogP contribution in [-0.4, -0.2) is 74.6 Å². The summed E-state index contributed by atoms with van der Waals surface area (Å²) in [5.41, 5.74) is 0. The minimum atomic E-state index is -1.55. The summed E-state index contributed by atoms with van der Waals surface area (Å²) < 4.78 is 0. The van der Waals surface area contributed by atoms with E-state index in [-0.39, 0.29) is 13.1 Å². The summed E-state index contributed by atoms with van der Waals surface area (Å²) in [6, 6.07) is -2.39. The maximum atomic E-state index is 11.6. The fourth-order valence-electron chi connectivity index (χ4n) is 1.55. The zero-order valence-corrected chi connectivity index (χ0v) is 9.31. The van der Waals surface area contributed by atoms with E-state index in [9.17, 15) is 24.6 Å². The monoisotopic (exact) mass is 262 g/mol. The van der Waals surface area contributed by atoms with Crippen LogP contribution in [-0.2, 0) is 9.59 Å². The lowest BCUT2D eigenvalue weighted by Crippen LogP contribution is -2.48. The largest absolute Gasteiger partial charge is 0.481 e. The number of rotatable bonds is 4. The predicted octanol–water partition coefficient (Wildman–Crippen LogP) is -2.34. The van der Waals surface area contributed by atoms with Gasteiger partial charge in [0.05, 0.1) is 31.7 Å². The normalized spacial score (nSPS) is 24.7. The van der Waals surface area contributed by atoms with Crippen molar-refractivity contribution in [1.82, 2.24) is 10.2 Å². The maximum Gasteiger partial charge on any atom is 0.326 e. The Hall–Kier alpha value is -1.87. The van der Waals surface area contributed by atoms with Gasteiger partial charge in [0, 0.05) is 0 Å². The molecule has 9 nitrogen and oxygen atoms in total. The van der Waals surface area contributed by atoms with E-state index in [2.05, 4.69) is 0 Å². The van der Waals surface area contributed by atoms with E-state index < -0.39 is 42.6 Å². The van der Waals surface area contributed by atoms with Gasteiger partial charge in [-0.05, 0) is 0 Å². The third-order valence-corrected chi connectivity index (χ3v) is 2.52. The molecule has 0 spiro atoms. The van der Waals surface area contributed by atoms with Gasteiger partial charge in [-0.15, -0.1) is 0 Å². The number of aliphatic carboxylic acids is 2. The average Bonchev–Trinajstić information content (AvgIpc) is 2.57. The van der Waals surface area contributed by atoms with Crippen molar-refractivity contribution < 1.29 is 34.8 Å². The van der Waals surface area contributed by atoms with Gasteiger partial charge >= 0.3 is 18.0 Å². The third kappa shape index (κ3) is 3.57. The number of hydrogen-bond donors (Lipinski definition) is 5. The summed E-state index contributed by atoms with van der Waals surface area (Å²) in [7, 11) is 0. The van der Waals surface area contributed by atoms with E-state index in [1.54, 1.807) is 0 Å². The van der Waals surface area contributed by atoms with E-state index >= 15 is 0 Å². The summed E-state index contributed by atoms with van der Waals surface area (Å²) in [5.74, 6) is -2.82. The van der Waals surface area contributed by atoms with Crippen molar-refractivity contribution in [2.45, 2.75) is 24.7 Å². The summed E-state index contributed by atoms with van der Waals surface area (Å²) in [4.78, 5) is 33.7. The van der Waals surface area contributed by atoms with Gasteiger partial charge in [0.2, 0.25) is 0 Å². The summed E-state index contributed by atoms with van der Waals surface area (Å²) in [6.45, 7) is -0.265. The summed E-state index contributed by atoms with van der Waals surface area (Å²) in [5, 5.41) is 37.7. The fourth-order valence-corrected chi connectivity index (χ4v) is 1.55. The predicted molar refractivity (Wildman–Crippen MR) is 55.8 cm³/mol. The topological polar surface area (TPSA) is 147 Å². The first kappa shape index (κ1) is 14.2. The molecule has 5 N–H and O–H groups in total. The van der Waals surface area contributed by atoms with E-state index in [1.165, 1.54) is 0 Å². The molecular formula is C9H14N2O7. The number of carbonyl (C=O) groups excluding carboxylic acids is 1. The highest BCUT2D eigenvalue weighted by Gasteiger charge is 2.34. The summed E-state index contributed by atoms with van der Waals surface area (Å²) >= 11 is 0. The maximum absolute atomic E-state index is 11.6. The first-order valence-electron chi connectivity index (χ1n) is 5.17. The standard InChI is InChI=1S/C9H14N2O7/c12-5-2-11(3-6(5)13)9(18)10-4(8(16)17)1-7(14)15/h4-6,12-13H,1-3H2,(H,10,18)(H,14,15)(H,16,17)/t4-,5?,6?/m0/s1. The second kappa shape index (κ2) is 5.65. The van der Waals surface area contributed by atoms with Gasteiger partial charge in [0.25, 0.3) is 0 Å². The third-order valence-electron chi connectivity index (χ3n) is 2.52.